The van der Waals surface area contributed by atoms with Crippen LogP contribution in [0.3, 0.4) is 0 Å². The van der Waals surface area contributed by atoms with Gasteiger partial charge in [0.05, 0.1) is 0 Å². The van der Waals surface area contributed by atoms with E-state index in [2.05, 4.69) is 0 Å². The van der Waals surface area contributed by atoms with Gasteiger partial charge in [-0.25, -0.2) is 0 Å². The largest absolute Gasteiger partial charge is 0.459 e. The molecule has 49 valence electrons. The van der Waals surface area contributed by atoms with E-state index in [4.69, 9.17) is 0 Å². The summed E-state index contributed by atoms with van der Waals surface area (Å²) in [4.78, 5) is 9.18. The number of nitrogens with one attached hydrogen (secondary N) is 1. The highest BCUT2D eigenvalue weighted by Crippen LogP contribution is 2.11. The lowest BCUT2D eigenvalue weighted by atomic mass is 10.7. The lowest BCUT2D eigenvalue weighted by Gasteiger charge is -1.89. The zero-order valence-electron chi connectivity index (χ0n) is 4.04. The van der Waals surface area contributed by atoms with Crippen LogP contribution in [-0.2, 0) is 4.79 Å². The van der Waals surface area contributed by atoms with Crippen LogP contribution in [0.1, 0.15) is 0 Å². The van der Waals surface area contributed by atoms with Crippen molar-refractivity contribution >= 4 is 6.41 Å². The molecular weight excluding hydrogens is 135 g/mol. The molecule has 0 heterocycles. The molecule has 2 nitrogen and oxygen atoms in total. The Hall–Kier alpha value is -1.18. The molecule has 0 spiro atoms. The van der Waals surface area contributed by atoms with Crippen LogP contribution in [0, 0.1) is 12.0 Å². The van der Waals surface area contributed by atoms with E-state index in [1.54, 1.807) is 0 Å². The van der Waals surface area contributed by atoms with Crippen molar-refractivity contribution in [2.75, 3.05) is 0 Å². The van der Waals surface area contributed by atoms with Crippen LogP contribution in [-0.4, -0.2) is 12.6 Å². The molecule has 0 saturated carbocycles. The monoisotopic (exact) mass is 136 g/mol. The minimum Gasteiger partial charge on any atom is -0.276 e. The van der Waals surface area contributed by atoms with Crippen molar-refractivity contribution < 1.29 is 18.0 Å². The molecule has 0 aliphatic heterocycles. The summed E-state index contributed by atoms with van der Waals surface area (Å²) in [6, 6.07) is 1.33. The maximum Gasteiger partial charge on any atom is 0.459 e. The van der Waals surface area contributed by atoms with Crippen molar-refractivity contribution in [1.82, 2.24) is 5.32 Å². The molecule has 0 atom stereocenters. The fraction of sp³-hybridized carbons (Fsp3) is 0.250. The third kappa shape index (κ3) is 6.82. The van der Waals surface area contributed by atoms with Crippen LogP contribution in [0.25, 0.3) is 0 Å². The number of rotatable bonds is 1. The summed E-state index contributed by atoms with van der Waals surface area (Å²) in [7, 11) is 0. The number of hydrogen-bond donors (Lipinski definition) is 1. The normalized spacial score (nSPS) is 9.22. The van der Waals surface area contributed by atoms with Gasteiger partial charge in [0.15, 0.2) is 0 Å². The molecule has 9 heavy (non-hydrogen) atoms. The van der Waals surface area contributed by atoms with E-state index in [1.807, 2.05) is 0 Å². The maximum absolute atomic E-state index is 11.0. The Morgan fingerprint density at radius 1 is 1.33 bits per heavy atom. The molecule has 1 N–H and O–H groups in total. The van der Waals surface area contributed by atoms with Gasteiger partial charge in [-0.15, -0.1) is 0 Å². The van der Waals surface area contributed by atoms with Gasteiger partial charge in [0, 0.05) is 12.0 Å². The molecular formula is C4HF3NO. The molecule has 0 aromatic heterocycles. The molecule has 0 rings (SSSR count). The highest BCUT2D eigenvalue weighted by Gasteiger charge is 2.22. The summed E-state index contributed by atoms with van der Waals surface area (Å²) in [5, 5.41) is 1.42. The van der Waals surface area contributed by atoms with Crippen LogP contribution in [0.5, 0.6) is 0 Å². The number of amides is 1. The number of alkyl halides is 3. The quantitative estimate of drug-likeness (QED) is 0.404. The smallest absolute Gasteiger partial charge is 0.276 e. The van der Waals surface area contributed by atoms with Crippen LogP contribution in [0.4, 0.5) is 13.2 Å². The number of hydrogen-bond acceptors (Lipinski definition) is 1. The number of halogens is 3. The molecule has 0 fully saturated rings. The standard InChI is InChI=1S/C4HF3NO/c5-4(6,7)1-2-8-3-9/h(H,8,9). The minimum absolute atomic E-state index is 0.799. The van der Waals surface area contributed by atoms with E-state index in [0.29, 0.717) is 0 Å². The molecule has 0 aromatic carbocycles. The zero-order valence-corrected chi connectivity index (χ0v) is 4.04. The Morgan fingerprint density at radius 2 is 1.89 bits per heavy atom. The van der Waals surface area contributed by atoms with Gasteiger partial charge in [-0.05, 0) is 0 Å². The molecule has 1 radical (unpaired) electrons. The van der Waals surface area contributed by atoms with Gasteiger partial charge in [0.25, 0.3) is 0 Å². The summed E-state index contributed by atoms with van der Waals surface area (Å²) < 4.78 is 33.1. The topological polar surface area (TPSA) is 29.1 Å². The lowest BCUT2D eigenvalue weighted by Crippen LogP contribution is -2.06. The Bertz CT molecular complexity index is 151. The van der Waals surface area contributed by atoms with Gasteiger partial charge in [0.2, 0.25) is 0 Å². The molecule has 1 amide bonds. The molecule has 0 aliphatic rings. The van der Waals surface area contributed by atoms with Gasteiger partial charge in [-0.3, -0.25) is 10.1 Å². The third-order valence-electron chi connectivity index (χ3n) is 0.318. The van der Waals surface area contributed by atoms with E-state index in [0.717, 1.165) is 12.3 Å². The third-order valence-corrected chi connectivity index (χ3v) is 0.318. The van der Waals surface area contributed by atoms with Gasteiger partial charge in [0.1, 0.15) is 0 Å². The highest BCUT2D eigenvalue weighted by molar-refractivity contribution is 5.50. The predicted molar refractivity (Wildman–Crippen MR) is 22.7 cm³/mol. The molecule has 0 unspecified atom stereocenters. The first-order valence-corrected chi connectivity index (χ1v) is 1.77. The van der Waals surface area contributed by atoms with E-state index in [1.165, 1.54) is 11.4 Å². The Kier molecular flexibility index (Phi) is 2.58. The second-order valence-corrected chi connectivity index (χ2v) is 0.975. The van der Waals surface area contributed by atoms with E-state index in [-0.39, 0.29) is 0 Å². The fourth-order valence-electron chi connectivity index (χ4n) is 0.128. The summed E-state index contributed by atoms with van der Waals surface area (Å²) in [5.41, 5.74) is 0. The lowest BCUT2D eigenvalue weighted by molar-refractivity contribution is -0.0697. The second-order valence-electron chi connectivity index (χ2n) is 0.975. The van der Waals surface area contributed by atoms with Crippen LogP contribution < -0.4 is 5.32 Å². The first kappa shape index (κ1) is 7.82. The Morgan fingerprint density at radius 3 is 2.22 bits per heavy atom. The van der Waals surface area contributed by atoms with Gasteiger partial charge < -0.3 is 0 Å². The average Bonchev–Trinajstić information content (AvgIpc) is 1.63. The van der Waals surface area contributed by atoms with Crippen LogP contribution >= 0.6 is 0 Å². The Balaban J connectivity index is 3.72. The molecule has 0 bridgehead atoms. The maximum atomic E-state index is 11.0. The van der Waals surface area contributed by atoms with Crippen LogP contribution in [0.15, 0.2) is 0 Å². The minimum atomic E-state index is -4.55. The van der Waals surface area contributed by atoms with Crippen LogP contribution in [0.2, 0.25) is 0 Å². The summed E-state index contributed by atoms with van der Waals surface area (Å²) in [5.74, 6) is 0.799. The predicted octanol–water partition coefficient (Wildman–Crippen LogP) is 0.166. The Labute approximate surface area is 49.0 Å². The molecule has 5 heteroatoms. The van der Waals surface area contributed by atoms with Gasteiger partial charge in [-0.1, -0.05) is 0 Å². The second kappa shape index (κ2) is 2.97. The first-order valence-electron chi connectivity index (χ1n) is 1.77. The summed E-state index contributed by atoms with van der Waals surface area (Å²) in [6.45, 7) is 0. The summed E-state index contributed by atoms with van der Waals surface area (Å²) in [6.07, 6.45) is -3.59. The van der Waals surface area contributed by atoms with Crippen molar-refractivity contribution in [3.63, 3.8) is 0 Å². The van der Waals surface area contributed by atoms with Gasteiger partial charge in [-0.2, -0.15) is 13.2 Å². The number of carbonyl (C=O) groups excluding carboxylic acids is 1. The van der Waals surface area contributed by atoms with Crippen molar-refractivity contribution in [3.05, 3.63) is 0 Å². The van der Waals surface area contributed by atoms with Crippen molar-refractivity contribution in [3.8, 4) is 12.0 Å². The molecule has 0 aromatic rings. The van der Waals surface area contributed by atoms with Crippen molar-refractivity contribution in [1.29, 1.82) is 0 Å². The van der Waals surface area contributed by atoms with Gasteiger partial charge >= 0.3 is 12.6 Å². The van der Waals surface area contributed by atoms with Crippen molar-refractivity contribution in [2.24, 2.45) is 0 Å². The highest BCUT2D eigenvalue weighted by atomic mass is 19.4. The average molecular weight is 136 g/mol. The summed E-state index contributed by atoms with van der Waals surface area (Å²) >= 11 is 0. The van der Waals surface area contributed by atoms with E-state index in [9.17, 15) is 18.0 Å². The van der Waals surface area contributed by atoms with E-state index < -0.39 is 6.18 Å². The SMILES string of the molecule is O=[C]NC#CC(F)(F)F. The van der Waals surface area contributed by atoms with Crippen molar-refractivity contribution in [2.45, 2.75) is 6.18 Å². The molecule has 0 aliphatic carbocycles. The zero-order chi connectivity index (χ0) is 7.33. The fourth-order valence-corrected chi connectivity index (χ4v) is 0.128. The first-order chi connectivity index (χ1) is 4.06. The molecule has 0 saturated heterocycles. The van der Waals surface area contributed by atoms with E-state index >= 15 is 0 Å².